The SMILES string of the molecule is CCC(CNC(=O)CCNS(=O)(=O)c1ccc2c(c1)OCCCO2)N1CCc2ccccc2C1. The van der Waals surface area contributed by atoms with E-state index < -0.39 is 10.0 Å². The standard InChI is InChI=1S/C25H33N3O5S/c1-2-21(28-13-11-19-6-3-4-7-20(19)18-28)17-26-25(29)10-12-27-34(30,31)22-8-9-23-24(16-22)33-15-5-14-32-23/h3-4,6-9,16,21,27H,2,5,10-15,17-18H2,1H3,(H,26,29). The third-order valence-corrected chi connectivity index (χ3v) is 7.81. The minimum absolute atomic E-state index is 0.0243. The van der Waals surface area contributed by atoms with Gasteiger partial charge in [0.05, 0.1) is 18.1 Å². The smallest absolute Gasteiger partial charge is 0.240 e. The second-order valence-electron chi connectivity index (χ2n) is 8.66. The third-order valence-electron chi connectivity index (χ3n) is 6.36. The fourth-order valence-corrected chi connectivity index (χ4v) is 5.42. The Hall–Kier alpha value is -2.62. The van der Waals surface area contributed by atoms with Crippen molar-refractivity contribution < 1.29 is 22.7 Å². The van der Waals surface area contributed by atoms with E-state index in [2.05, 4.69) is 46.1 Å². The fourth-order valence-electron chi connectivity index (χ4n) is 4.37. The summed E-state index contributed by atoms with van der Waals surface area (Å²) >= 11 is 0. The van der Waals surface area contributed by atoms with Crippen LogP contribution in [0.25, 0.3) is 0 Å². The summed E-state index contributed by atoms with van der Waals surface area (Å²) in [5.41, 5.74) is 2.75. The molecule has 0 saturated carbocycles. The average Bonchev–Trinajstić information content (AvgIpc) is 3.09. The van der Waals surface area contributed by atoms with E-state index in [-0.39, 0.29) is 29.8 Å². The Morgan fingerprint density at radius 2 is 1.85 bits per heavy atom. The zero-order chi connectivity index (χ0) is 24.0. The van der Waals surface area contributed by atoms with Crippen LogP contribution in [0.15, 0.2) is 47.4 Å². The molecule has 2 aromatic rings. The van der Waals surface area contributed by atoms with Crippen LogP contribution in [-0.2, 0) is 27.8 Å². The number of ether oxygens (including phenoxy) is 2. The Morgan fingerprint density at radius 3 is 2.65 bits per heavy atom. The summed E-state index contributed by atoms with van der Waals surface area (Å²) < 4.78 is 39.0. The number of amides is 1. The minimum Gasteiger partial charge on any atom is -0.490 e. The number of benzene rings is 2. The van der Waals surface area contributed by atoms with Crippen molar-refractivity contribution in [2.24, 2.45) is 0 Å². The first-order valence-corrected chi connectivity index (χ1v) is 13.4. The first-order valence-electron chi connectivity index (χ1n) is 11.9. The van der Waals surface area contributed by atoms with Crippen LogP contribution in [0.2, 0.25) is 0 Å². The molecule has 0 saturated heterocycles. The zero-order valence-electron chi connectivity index (χ0n) is 19.6. The first-order chi connectivity index (χ1) is 16.5. The maximum atomic E-state index is 12.7. The number of carbonyl (C=O) groups is 1. The zero-order valence-corrected chi connectivity index (χ0v) is 20.4. The van der Waals surface area contributed by atoms with Crippen LogP contribution in [0.4, 0.5) is 0 Å². The summed E-state index contributed by atoms with van der Waals surface area (Å²) in [5.74, 6) is 0.791. The predicted octanol–water partition coefficient (Wildman–Crippen LogP) is 2.47. The molecule has 2 aromatic carbocycles. The molecule has 34 heavy (non-hydrogen) atoms. The molecule has 0 bridgehead atoms. The number of hydrogen-bond donors (Lipinski definition) is 2. The summed E-state index contributed by atoms with van der Waals surface area (Å²) in [7, 11) is -3.76. The molecule has 0 spiro atoms. The maximum Gasteiger partial charge on any atom is 0.240 e. The molecule has 0 radical (unpaired) electrons. The number of nitrogens with zero attached hydrogens (tertiary/aromatic N) is 1. The Morgan fingerprint density at radius 1 is 1.09 bits per heavy atom. The second kappa shape index (κ2) is 11.2. The van der Waals surface area contributed by atoms with Crippen LogP contribution in [-0.4, -0.2) is 58.1 Å². The van der Waals surface area contributed by atoms with Crippen molar-refractivity contribution in [2.75, 3.05) is 32.8 Å². The molecule has 0 fully saturated rings. The molecule has 0 aliphatic carbocycles. The van der Waals surface area contributed by atoms with Gasteiger partial charge >= 0.3 is 0 Å². The van der Waals surface area contributed by atoms with Gasteiger partial charge in [-0.2, -0.15) is 0 Å². The van der Waals surface area contributed by atoms with Gasteiger partial charge in [0.2, 0.25) is 15.9 Å². The summed E-state index contributed by atoms with van der Waals surface area (Å²) in [6.45, 7) is 5.58. The molecule has 2 aliphatic rings. The van der Waals surface area contributed by atoms with Gasteiger partial charge in [0.1, 0.15) is 0 Å². The van der Waals surface area contributed by atoms with Crippen molar-refractivity contribution in [1.29, 1.82) is 0 Å². The van der Waals surface area contributed by atoms with Gasteiger partial charge in [-0.3, -0.25) is 9.69 Å². The second-order valence-corrected chi connectivity index (χ2v) is 10.4. The number of sulfonamides is 1. The van der Waals surface area contributed by atoms with Crippen molar-refractivity contribution in [3.8, 4) is 11.5 Å². The van der Waals surface area contributed by atoms with Crippen LogP contribution in [0.3, 0.4) is 0 Å². The number of hydrogen-bond acceptors (Lipinski definition) is 6. The highest BCUT2D eigenvalue weighted by atomic mass is 32.2. The van der Waals surface area contributed by atoms with E-state index in [1.807, 2.05) is 0 Å². The lowest BCUT2D eigenvalue weighted by Crippen LogP contribution is -2.46. The van der Waals surface area contributed by atoms with Crippen molar-refractivity contribution in [3.05, 3.63) is 53.6 Å². The maximum absolute atomic E-state index is 12.7. The first kappa shape index (κ1) is 24.5. The van der Waals surface area contributed by atoms with Gasteiger partial charge in [0.25, 0.3) is 0 Å². The lowest BCUT2D eigenvalue weighted by atomic mass is 9.98. The summed E-state index contributed by atoms with van der Waals surface area (Å²) in [4.78, 5) is 14.9. The van der Waals surface area contributed by atoms with E-state index in [0.717, 1.165) is 32.4 Å². The Kier molecular flexibility index (Phi) is 8.07. The largest absolute Gasteiger partial charge is 0.490 e. The Balaban J connectivity index is 1.24. The highest BCUT2D eigenvalue weighted by Crippen LogP contribution is 2.31. The molecule has 184 valence electrons. The minimum atomic E-state index is -3.76. The molecule has 1 amide bonds. The van der Waals surface area contributed by atoms with E-state index in [1.54, 1.807) is 6.07 Å². The molecular formula is C25H33N3O5S. The predicted molar refractivity (Wildman–Crippen MR) is 129 cm³/mol. The van der Waals surface area contributed by atoms with E-state index >= 15 is 0 Å². The van der Waals surface area contributed by atoms with Gasteiger partial charge in [-0.25, -0.2) is 13.1 Å². The van der Waals surface area contributed by atoms with Gasteiger partial charge in [-0.05, 0) is 36.1 Å². The van der Waals surface area contributed by atoms with Crippen LogP contribution in [0.1, 0.15) is 37.3 Å². The molecule has 8 nitrogen and oxygen atoms in total. The van der Waals surface area contributed by atoms with Crippen LogP contribution >= 0.6 is 0 Å². The van der Waals surface area contributed by atoms with Crippen molar-refractivity contribution in [2.45, 2.75) is 50.1 Å². The molecule has 1 atom stereocenters. The highest BCUT2D eigenvalue weighted by Gasteiger charge is 2.23. The number of nitrogens with one attached hydrogen (secondary N) is 2. The molecule has 1 unspecified atom stereocenters. The van der Waals surface area contributed by atoms with Crippen LogP contribution < -0.4 is 19.5 Å². The van der Waals surface area contributed by atoms with E-state index in [1.165, 1.54) is 23.3 Å². The summed E-state index contributed by atoms with van der Waals surface area (Å²) in [6.07, 6.45) is 2.76. The van der Waals surface area contributed by atoms with Crippen LogP contribution in [0.5, 0.6) is 11.5 Å². The van der Waals surface area contributed by atoms with E-state index in [4.69, 9.17) is 9.47 Å². The quantitative estimate of drug-likeness (QED) is 0.564. The van der Waals surface area contributed by atoms with Gasteiger partial charge in [0.15, 0.2) is 11.5 Å². The van der Waals surface area contributed by atoms with Crippen molar-refractivity contribution in [3.63, 3.8) is 0 Å². The monoisotopic (exact) mass is 487 g/mol. The Bertz CT molecular complexity index is 1110. The van der Waals surface area contributed by atoms with Gasteiger partial charge < -0.3 is 14.8 Å². The van der Waals surface area contributed by atoms with E-state index in [0.29, 0.717) is 31.3 Å². The molecule has 0 aromatic heterocycles. The number of fused-ring (bicyclic) bond motifs is 2. The summed E-state index contributed by atoms with van der Waals surface area (Å²) in [5, 5.41) is 2.98. The van der Waals surface area contributed by atoms with Crippen molar-refractivity contribution >= 4 is 15.9 Å². The molecule has 2 aliphatic heterocycles. The number of rotatable bonds is 9. The van der Waals surface area contributed by atoms with Crippen molar-refractivity contribution in [1.82, 2.24) is 14.9 Å². The molecule has 2 N–H and O–H groups in total. The van der Waals surface area contributed by atoms with Gasteiger partial charge in [-0.15, -0.1) is 0 Å². The molecular weight excluding hydrogens is 454 g/mol. The van der Waals surface area contributed by atoms with Gasteiger partial charge in [0, 0.05) is 51.1 Å². The topological polar surface area (TPSA) is 97.0 Å². The van der Waals surface area contributed by atoms with E-state index in [9.17, 15) is 13.2 Å². The molecule has 9 heteroatoms. The highest BCUT2D eigenvalue weighted by molar-refractivity contribution is 7.89. The third kappa shape index (κ3) is 6.08. The molecule has 2 heterocycles. The Labute approximate surface area is 201 Å². The lowest BCUT2D eigenvalue weighted by molar-refractivity contribution is -0.121. The molecule has 4 rings (SSSR count). The summed E-state index contributed by atoms with van der Waals surface area (Å²) in [6, 6.07) is 13.3. The average molecular weight is 488 g/mol. The number of carbonyl (C=O) groups excluding carboxylic acids is 1. The fraction of sp³-hybridized carbons (Fsp3) is 0.480. The lowest BCUT2D eigenvalue weighted by Gasteiger charge is -2.35. The van der Waals surface area contributed by atoms with Crippen LogP contribution in [0, 0.1) is 0 Å². The normalized spacial score (nSPS) is 16.9. The van der Waals surface area contributed by atoms with Gasteiger partial charge in [-0.1, -0.05) is 31.2 Å².